The SMILES string of the molecule is C[Si](C)(C)CC[Si](C)(C)CCCOCC(O)CN1CCN(CCO)CC1. The normalized spacial score (nSPS) is 19.0. The van der Waals surface area contributed by atoms with Crippen LogP contribution in [0.1, 0.15) is 6.42 Å². The van der Waals surface area contributed by atoms with Gasteiger partial charge in [0.1, 0.15) is 0 Å². The van der Waals surface area contributed by atoms with Gasteiger partial charge < -0.3 is 14.9 Å². The molecule has 1 heterocycles. The van der Waals surface area contributed by atoms with Crippen LogP contribution in [0.5, 0.6) is 0 Å². The highest BCUT2D eigenvalue weighted by Gasteiger charge is 2.24. The first-order valence-corrected chi connectivity index (χ1v) is 17.5. The minimum atomic E-state index is -1.08. The summed E-state index contributed by atoms with van der Waals surface area (Å²) in [7, 11) is -1.99. The van der Waals surface area contributed by atoms with Gasteiger partial charge in [-0.05, 0) is 6.42 Å². The van der Waals surface area contributed by atoms with Gasteiger partial charge in [-0.3, -0.25) is 9.80 Å². The highest BCUT2D eigenvalue weighted by molar-refractivity contribution is 6.82. The number of aliphatic hydroxyl groups excluding tert-OH is 2. The van der Waals surface area contributed by atoms with Gasteiger partial charge in [-0.2, -0.15) is 0 Å². The minimum absolute atomic E-state index is 0.230. The van der Waals surface area contributed by atoms with E-state index in [1.807, 2.05) is 0 Å². The molecule has 1 fully saturated rings. The third-order valence-corrected chi connectivity index (χ3v) is 10.9. The Morgan fingerprint density at radius 1 is 0.923 bits per heavy atom. The molecule has 0 amide bonds. The van der Waals surface area contributed by atoms with Crippen LogP contribution in [-0.4, -0.2) is 101 Å². The van der Waals surface area contributed by atoms with Gasteiger partial charge in [-0.1, -0.05) is 50.9 Å². The maximum atomic E-state index is 10.2. The molecule has 2 N–H and O–H groups in total. The van der Waals surface area contributed by atoms with Crippen molar-refractivity contribution in [3.8, 4) is 0 Å². The molecule has 0 aromatic rings. The third kappa shape index (κ3) is 11.8. The van der Waals surface area contributed by atoms with Crippen molar-refractivity contribution < 1.29 is 14.9 Å². The van der Waals surface area contributed by atoms with Crippen LogP contribution < -0.4 is 0 Å². The summed E-state index contributed by atoms with van der Waals surface area (Å²) in [5.74, 6) is 0. The Morgan fingerprint density at radius 3 is 2.12 bits per heavy atom. The molecule has 0 spiro atoms. The van der Waals surface area contributed by atoms with Gasteiger partial charge in [0.2, 0.25) is 0 Å². The summed E-state index contributed by atoms with van der Waals surface area (Å²) in [5.41, 5.74) is 0. The van der Waals surface area contributed by atoms with Crippen molar-refractivity contribution >= 4 is 16.1 Å². The van der Waals surface area contributed by atoms with Crippen molar-refractivity contribution in [2.75, 3.05) is 59.1 Å². The van der Waals surface area contributed by atoms with Crippen LogP contribution in [0, 0.1) is 0 Å². The van der Waals surface area contributed by atoms with E-state index >= 15 is 0 Å². The molecule has 1 saturated heterocycles. The van der Waals surface area contributed by atoms with Gasteiger partial charge in [0.25, 0.3) is 0 Å². The second-order valence-corrected chi connectivity index (χ2v) is 20.9. The Kier molecular flexibility index (Phi) is 11.1. The first-order chi connectivity index (χ1) is 12.1. The molecule has 1 rings (SSSR count). The largest absolute Gasteiger partial charge is 0.395 e. The lowest BCUT2D eigenvalue weighted by atomic mass is 10.2. The fourth-order valence-electron chi connectivity index (χ4n) is 3.40. The standard InChI is InChI=1S/C19H44N2O3Si2/c1-25(2,3)15-16-26(4,5)14-6-13-24-18-19(23)17-21-9-7-20(8-10-21)11-12-22/h19,22-23H,6-18H2,1-5H3. The number of rotatable bonds is 13. The highest BCUT2D eigenvalue weighted by atomic mass is 28.3. The van der Waals surface area contributed by atoms with Gasteiger partial charge in [0.15, 0.2) is 0 Å². The van der Waals surface area contributed by atoms with Gasteiger partial charge >= 0.3 is 0 Å². The predicted molar refractivity (Wildman–Crippen MR) is 117 cm³/mol. The quantitative estimate of drug-likeness (QED) is 0.365. The molecular formula is C19H44N2O3Si2. The lowest BCUT2D eigenvalue weighted by Crippen LogP contribution is -2.49. The fourth-order valence-corrected chi connectivity index (χ4v) is 10.5. The molecule has 1 aliphatic rings. The third-order valence-electron chi connectivity index (χ3n) is 5.35. The summed E-state index contributed by atoms with van der Waals surface area (Å²) < 4.78 is 5.75. The van der Waals surface area contributed by atoms with E-state index in [0.717, 1.165) is 45.8 Å². The van der Waals surface area contributed by atoms with Crippen LogP contribution in [0.25, 0.3) is 0 Å². The maximum Gasteiger partial charge on any atom is 0.0900 e. The molecule has 0 bridgehead atoms. The minimum Gasteiger partial charge on any atom is -0.395 e. The number of hydrogen-bond acceptors (Lipinski definition) is 5. The number of nitrogens with zero attached hydrogens (tertiary/aromatic N) is 2. The van der Waals surface area contributed by atoms with E-state index in [4.69, 9.17) is 9.84 Å². The van der Waals surface area contributed by atoms with Gasteiger partial charge in [-0.25, -0.2) is 0 Å². The van der Waals surface area contributed by atoms with E-state index in [-0.39, 0.29) is 6.61 Å². The van der Waals surface area contributed by atoms with Crippen molar-refractivity contribution in [2.24, 2.45) is 0 Å². The molecule has 0 aromatic heterocycles. The zero-order valence-corrected chi connectivity index (χ0v) is 20.0. The van der Waals surface area contributed by atoms with Crippen LogP contribution in [0.3, 0.4) is 0 Å². The smallest absolute Gasteiger partial charge is 0.0900 e. The van der Waals surface area contributed by atoms with E-state index in [1.165, 1.54) is 18.1 Å². The number of β-amino-alcohol motifs (C(OH)–C–C–N with tert-alkyl or cyclic N) is 2. The average molecular weight is 405 g/mol. The average Bonchev–Trinajstić information content (AvgIpc) is 2.54. The zero-order chi connectivity index (χ0) is 19.6. The van der Waals surface area contributed by atoms with Crippen molar-refractivity contribution in [1.29, 1.82) is 0 Å². The Labute approximate surface area is 163 Å². The first kappa shape index (κ1) is 24.3. The van der Waals surface area contributed by atoms with Crippen LogP contribution in [0.15, 0.2) is 0 Å². The Morgan fingerprint density at radius 2 is 1.54 bits per heavy atom. The second-order valence-electron chi connectivity index (χ2n) is 9.92. The second kappa shape index (κ2) is 11.9. The van der Waals surface area contributed by atoms with Crippen LogP contribution in [0.2, 0.25) is 50.9 Å². The summed E-state index contributed by atoms with van der Waals surface area (Å²) in [6.07, 6.45) is 0.744. The van der Waals surface area contributed by atoms with Gasteiger partial charge in [0, 0.05) is 62.0 Å². The summed E-state index contributed by atoms with van der Waals surface area (Å²) >= 11 is 0. The molecule has 26 heavy (non-hydrogen) atoms. The van der Waals surface area contributed by atoms with Crippen molar-refractivity contribution in [3.05, 3.63) is 0 Å². The number of piperazine rings is 1. The highest BCUT2D eigenvalue weighted by Crippen LogP contribution is 2.24. The van der Waals surface area contributed by atoms with Gasteiger partial charge in [-0.15, -0.1) is 0 Å². The van der Waals surface area contributed by atoms with Gasteiger partial charge in [0.05, 0.1) is 19.3 Å². The maximum absolute atomic E-state index is 10.2. The summed E-state index contributed by atoms with van der Waals surface area (Å²) in [6.45, 7) is 19.2. The predicted octanol–water partition coefficient (Wildman–Crippen LogP) is 2.41. The van der Waals surface area contributed by atoms with Crippen LogP contribution in [-0.2, 0) is 4.74 Å². The van der Waals surface area contributed by atoms with E-state index < -0.39 is 22.3 Å². The fraction of sp³-hybridized carbons (Fsp3) is 1.00. The lowest BCUT2D eigenvalue weighted by molar-refractivity contribution is 0.00624. The van der Waals surface area contributed by atoms with E-state index in [0.29, 0.717) is 13.2 Å². The number of ether oxygens (including phenoxy) is 1. The molecule has 0 radical (unpaired) electrons. The Bertz CT molecular complexity index is 370. The topological polar surface area (TPSA) is 56.2 Å². The van der Waals surface area contributed by atoms with E-state index in [1.54, 1.807) is 0 Å². The number of aliphatic hydroxyl groups is 2. The Balaban J connectivity index is 2.07. The molecule has 1 atom stereocenters. The molecule has 0 aromatic carbocycles. The Hall–Kier alpha value is 0.234. The zero-order valence-electron chi connectivity index (χ0n) is 18.0. The van der Waals surface area contributed by atoms with Crippen LogP contribution >= 0.6 is 0 Å². The molecular weight excluding hydrogens is 360 g/mol. The van der Waals surface area contributed by atoms with E-state index in [9.17, 15) is 5.11 Å². The summed E-state index contributed by atoms with van der Waals surface area (Å²) in [5, 5.41) is 19.2. The monoisotopic (exact) mass is 404 g/mol. The molecule has 7 heteroatoms. The summed E-state index contributed by atoms with van der Waals surface area (Å²) in [6, 6.07) is 4.24. The molecule has 1 aliphatic heterocycles. The first-order valence-electron chi connectivity index (χ1n) is 10.4. The summed E-state index contributed by atoms with van der Waals surface area (Å²) in [4.78, 5) is 4.57. The van der Waals surface area contributed by atoms with Crippen molar-refractivity contribution in [1.82, 2.24) is 9.80 Å². The van der Waals surface area contributed by atoms with Crippen LogP contribution in [0.4, 0.5) is 0 Å². The number of hydrogen-bond donors (Lipinski definition) is 2. The molecule has 5 nitrogen and oxygen atoms in total. The molecule has 0 aliphatic carbocycles. The van der Waals surface area contributed by atoms with Crippen molar-refractivity contribution in [2.45, 2.75) is 63.4 Å². The van der Waals surface area contributed by atoms with Crippen molar-refractivity contribution in [3.63, 3.8) is 0 Å². The molecule has 156 valence electrons. The molecule has 1 unspecified atom stereocenters. The lowest BCUT2D eigenvalue weighted by Gasteiger charge is -2.35. The molecule has 0 saturated carbocycles. The van der Waals surface area contributed by atoms with E-state index in [2.05, 4.69) is 42.5 Å².